The molecule has 1 amide bonds. The molecule has 2 N–H and O–H groups in total. The van der Waals surface area contributed by atoms with E-state index in [9.17, 15) is 4.79 Å². The van der Waals surface area contributed by atoms with Crippen LogP contribution in [-0.2, 0) is 4.79 Å². The summed E-state index contributed by atoms with van der Waals surface area (Å²) >= 11 is 0. The molecule has 94 valence electrons. The third-order valence-electron chi connectivity index (χ3n) is 2.95. The first-order valence-electron chi connectivity index (χ1n) is 5.91. The quantitative estimate of drug-likeness (QED) is 0.808. The number of methoxy groups -OCH3 is 1. The molecule has 0 radical (unpaired) electrons. The van der Waals surface area contributed by atoms with Gasteiger partial charge >= 0.3 is 0 Å². The topological polar surface area (TPSA) is 75.6 Å². The molecule has 1 saturated carbocycles. The zero-order valence-corrected chi connectivity index (χ0v) is 10.0. The highest BCUT2D eigenvalue weighted by Crippen LogP contribution is 2.23. The third-order valence-corrected chi connectivity index (χ3v) is 2.95. The van der Waals surface area contributed by atoms with Crippen molar-refractivity contribution in [3.8, 4) is 5.88 Å². The summed E-state index contributed by atoms with van der Waals surface area (Å²) in [6.07, 6.45) is 3.90. The normalized spacial score (nSPS) is 22.4. The van der Waals surface area contributed by atoms with Crippen LogP contribution in [0.5, 0.6) is 5.88 Å². The SMILES string of the molecule is COc1ccc(C2N=C(NC3CC3)NC2=O)cn1. The van der Waals surface area contributed by atoms with Gasteiger partial charge in [-0.1, -0.05) is 0 Å². The van der Waals surface area contributed by atoms with Gasteiger partial charge in [0.25, 0.3) is 5.91 Å². The summed E-state index contributed by atoms with van der Waals surface area (Å²) in [7, 11) is 1.56. The van der Waals surface area contributed by atoms with Crippen molar-refractivity contribution in [1.82, 2.24) is 15.6 Å². The van der Waals surface area contributed by atoms with Crippen LogP contribution in [0.25, 0.3) is 0 Å². The number of aliphatic imine (C=N–C) groups is 1. The van der Waals surface area contributed by atoms with Crippen LogP contribution in [0, 0.1) is 0 Å². The summed E-state index contributed by atoms with van der Waals surface area (Å²) in [5.74, 6) is 0.978. The number of hydrogen-bond acceptors (Lipinski definition) is 5. The minimum absolute atomic E-state index is 0.120. The molecule has 1 aromatic heterocycles. The van der Waals surface area contributed by atoms with Crippen molar-refractivity contribution >= 4 is 11.9 Å². The van der Waals surface area contributed by atoms with Gasteiger partial charge in [-0.05, 0) is 18.9 Å². The smallest absolute Gasteiger partial charge is 0.256 e. The van der Waals surface area contributed by atoms with Crippen molar-refractivity contribution in [2.75, 3.05) is 7.11 Å². The van der Waals surface area contributed by atoms with Gasteiger partial charge < -0.3 is 10.1 Å². The number of rotatable bonds is 3. The van der Waals surface area contributed by atoms with Gasteiger partial charge in [-0.3, -0.25) is 10.1 Å². The average molecular weight is 246 g/mol. The number of pyridine rings is 1. The Kier molecular flexibility index (Phi) is 2.62. The van der Waals surface area contributed by atoms with Gasteiger partial charge in [0.2, 0.25) is 5.88 Å². The molecule has 1 fully saturated rings. The largest absolute Gasteiger partial charge is 0.481 e. The summed E-state index contributed by atoms with van der Waals surface area (Å²) in [4.78, 5) is 20.2. The number of carbonyl (C=O) groups excluding carboxylic acids is 1. The summed E-state index contributed by atoms with van der Waals surface area (Å²) in [6.45, 7) is 0. The molecule has 0 aromatic carbocycles. The Morgan fingerprint density at radius 1 is 1.44 bits per heavy atom. The fourth-order valence-electron chi connectivity index (χ4n) is 1.80. The molecule has 1 aliphatic heterocycles. The number of aromatic nitrogens is 1. The highest BCUT2D eigenvalue weighted by molar-refractivity contribution is 6.05. The molecule has 2 heterocycles. The van der Waals surface area contributed by atoms with Crippen LogP contribution < -0.4 is 15.4 Å². The molecule has 0 spiro atoms. The number of amides is 1. The molecular formula is C12H14N4O2. The monoisotopic (exact) mass is 246 g/mol. The van der Waals surface area contributed by atoms with Crippen molar-refractivity contribution in [2.45, 2.75) is 24.9 Å². The summed E-state index contributed by atoms with van der Waals surface area (Å²) in [5, 5.41) is 5.92. The van der Waals surface area contributed by atoms with E-state index >= 15 is 0 Å². The first kappa shape index (κ1) is 11.0. The van der Waals surface area contributed by atoms with E-state index in [0.717, 1.165) is 18.4 Å². The Morgan fingerprint density at radius 2 is 2.28 bits per heavy atom. The van der Waals surface area contributed by atoms with Gasteiger partial charge in [0.05, 0.1) is 7.11 Å². The molecule has 6 heteroatoms. The van der Waals surface area contributed by atoms with E-state index in [2.05, 4.69) is 20.6 Å². The van der Waals surface area contributed by atoms with Crippen LogP contribution in [0.3, 0.4) is 0 Å². The van der Waals surface area contributed by atoms with E-state index in [-0.39, 0.29) is 5.91 Å². The molecule has 0 saturated heterocycles. The molecule has 18 heavy (non-hydrogen) atoms. The Bertz CT molecular complexity index is 493. The zero-order chi connectivity index (χ0) is 12.5. The highest BCUT2D eigenvalue weighted by atomic mass is 16.5. The van der Waals surface area contributed by atoms with E-state index in [4.69, 9.17) is 4.74 Å². The average Bonchev–Trinajstić information content (AvgIpc) is 3.12. The molecule has 1 aromatic rings. The van der Waals surface area contributed by atoms with Crippen molar-refractivity contribution in [3.63, 3.8) is 0 Å². The lowest BCUT2D eigenvalue weighted by Crippen LogP contribution is -2.37. The van der Waals surface area contributed by atoms with E-state index in [1.165, 1.54) is 0 Å². The molecule has 1 atom stereocenters. The lowest BCUT2D eigenvalue weighted by atomic mass is 10.1. The number of hydrogen-bond donors (Lipinski definition) is 2. The first-order chi connectivity index (χ1) is 8.76. The lowest BCUT2D eigenvalue weighted by Gasteiger charge is -2.04. The predicted octanol–water partition coefficient (Wildman–Crippen LogP) is 0.369. The molecule has 1 aliphatic carbocycles. The summed E-state index contributed by atoms with van der Waals surface area (Å²) in [5.41, 5.74) is 0.765. The molecule has 6 nitrogen and oxygen atoms in total. The first-order valence-corrected chi connectivity index (χ1v) is 5.91. The van der Waals surface area contributed by atoms with Crippen LogP contribution in [0.1, 0.15) is 24.4 Å². The van der Waals surface area contributed by atoms with Crippen LogP contribution >= 0.6 is 0 Å². The van der Waals surface area contributed by atoms with Gasteiger partial charge in [0, 0.05) is 23.9 Å². The molecule has 1 unspecified atom stereocenters. The Hall–Kier alpha value is -2.11. The predicted molar refractivity (Wildman–Crippen MR) is 65.3 cm³/mol. The minimum atomic E-state index is -0.510. The fraction of sp³-hybridized carbons (Fsp3) is 0.417. The maximum absolute atomic E-state index is 11.8. The fourth-order valence-corrected chi connectivity index (χ4v) is 1.80. The van der Waals surface area contributed by atoms with Crippen molar-refractivity contribution in [1.29, 1.82) is 0 Å². The van der Waals surface area contributed by atoms with E-state index in [1.807, 2.05) is 0 Å². The van der Waals surface area contributed by atoms with E-state index in [1.54, 1.807) is 25.4 Å². The lowest BCUT2D eigenvalue weighted by molar-refractivity contribution is -0.120. The van der Waals surface area contributed by atoms with Crippen molar-refractivity contribution < 1.29 is 9.53 Å². The molecule has 2 aliphatic rings. The maximum atomic E-state index is 11.8. The van der Waals surface area contributed by atoms with Crippen LogP contribution in [0.15, 0.2) is 23.3 Å². The Morgan fingerprint density at radius 3 is 2.89 bits per heavy atom. The van der Waals surface area contributed by atoms with Gasteiger partial charge in [-0.25, -0.2) is 9.98 Å². The highest BCUT2D eigenvalue weighted by Gasteiger charge is 2.31. The number of ether oxygens (including phenoxy) is 1. The van der Waals surface area contributed by atoms with Crippen LogP contribution in [0.4, 0.5) is 0 Å². The van der Waals surface area contributed by atoms with Gasteiger partial charge in [0.1, 0.15) is 0 Å². The Balaban J connectivity index is 1.77. The van der Waals surface area contributed by atoms with Gasteiger partial charge in [-0.2, -0.15) is 0 Å². The Labute approximate surface area is 104 Å². The number of nitrogens with zero attached hydrogens (tertiary/aromatic N) is 2. The number of carbonyl (C=O) groups is 1. The van der Waals surface area contributed by atoms with E-state index < -0.39 is 6.04 Å². The number of nitrogens with one attached hydrogen (secondary N) is 2. The third kappa shape index (κ3) is 2.13. The second-order valence-electron chi connectivity index (χ2n) is 4.42. The maximum Gasteiger partial charge on any atom is 0.256 e. The summed E-state index contributed by atoms with van der Waals surface area (Å²) in [6, 6.07) is 3.49. The van der Waals surface area contributed by atoms with Crippen molar-refractivity contribution in [2.24, 2.45) is 4.99 Å². The second kappa shape index (κ2) is 4.29. The molecule has 3 rings (SSSR count). The van der Waals surface area contributed by atoms with Crippen molar-refractivity contribution in [3.05, 3.63) is 23.9 Å². The van der Waals surface area contributed by atoms with Gasteiger partial charge in [-0.15, -0.1) is 0 Å². The van der Waals surface area contributed by atoms with Crippen LogP contribution in [0.2, 0.25) is 0 Å². The standard InChI is InChI=1S/C12H14N4O2/c1-18-9-5-2-7(6-13-9)10-11(17)16-12(15-10)14-8-3-4-8/h2,5-6,8,10H,3-4H2,1H3,(H2,14,15,16,17). The van der Waals surface area contributed by atoms with Gasteiger partial charge in [0.15, 0.2) is 12.0 Å². The molecule has 0 bridgehead atoms. The second-order valence-corrected chi connectivity index (χ2v) is 4.42. The minimum Gasteiger partial charge on any atom is -0.481 e. The van der Waals surface area contributed by atoms with E-state index in [0.29, 0.717) is 17.9 Å². The molecular weight excluding hydrogens is 232 g/mol. The summed E-state index contributed by atoms with van der Waals surface area (Å²) < 4.78 is 4.98. The zero-order valence-electron chi connectivity index (χ0n) is 10.0. The number of guanidine groups is 1. The van der Waals surface area contributed by atoms with Crippen LogP contribution in [-0.4, -0.2) is 30.0 Å².